The summed E-state index contributed by atoms with van der Waals surface area (Å²) in [7, 11) is 2.12. The molecule has 0 saturated carbocycles. The van der Waals surface area contributed by atoms with E-state index in [1.165, 1.54) is 17.7 Å². The summed E-state index contributed by atoms with van der Waals surface area (Å²) >= 11 is 0. The molecule has 0 amide bonds. The normalized spacial score (nSPS) is 18.5. The number of hydrogen-bond acceptors (Lipinski definition) is 3. The summed E-state index contributed by atoms with van der Waals surface area (Å²) in [6.45, 7) is 0.669. The molecule has 0 radical (unpaired) electrons. The van der Waals surface area contributed by atoms with Crippen LogP contribution >= 0.6 is 0 Å². The number of rotatable bonds is 4. The maximum Gasteiger partial charge on any atom is 0.137 e. The number of nitrogens with zero attached hydrogens (tertiary/aromatic N) is 1. The molecule has 0 spiro atoms. The van der Waals surface area contributed by atoms with Gasteiger partial charge in [0.05, 0.1) is 12.6 Å². The van der Waals surface area contributed by atoms with Crippen LogP contribution in [0.4, 0.5) is 4.39 Å². The zero-order valence-electron chi connectivity index (χ0n) is 18.8. The number of hydrogen-bond donors (Lipinski definition) is 0. The van der Waals surface area contributed by atoms with Gasteiger partial charge in [-0.25, -0.2) is 4.39 Å². The van der Waals surface area contributed by atoms with Crippen molar-refractivity contribution in [1.29, 1.82) is 0 Å². The smallest absolute Gasteiger partial charge is 0.137 e. The molecule has 1 aliphatic heterocycles. The lowest BCUT2D eigenvalue weighted by Crippen LogP contribution is -2.22. The monoisotopic (exact) mass is 449 g/mol. The fraction of sp³-hybridized carbons (Fsp3) is 0.133. The zero-order chi connectivity index (χ0) is 23.1. The van der Waals surface area contributed by atoms with E-state index in [9.17, 15) is 4.39 Å². The van der Waals surface area contributed by atoms with Gasteiger partial charge in [-0.05, 0) is 77.8 Å². The van der Waals surface area contributed by atoms with Gasteiger partial charge >= 0.3 is 0 Å². The van der Waals surface area contributed by atoms with Gasteiger partial charge in [0.15, 0.2) is 0 Å². The number of fused-ring (bicyclic) bond motifs is 1. The molecule has 5 aromatic rings. The van der Waals surface area contributed by atoms with E-state index in [1.54, 1.807) is 12.1 Å². The zero-order valence-corrected chi connectivity index (χ0v) is 18.8. The molecule has 4 heteroatoms. The molecule has 1 saturated heterocycles. The summed E-state index contributed by atoms with van der Waals surface area (Å²) in [6, 6.07) is 33.9. The van der Waals surface area contributed by atoms with Gasteiger partial charge in [-0.3, -0.25) is 4.90 Å². The number of benzene rings is 4. The highest BCUT2D eigenvalue weighted by Gasteiger charge is 2.33. The van der Waals surface area contributed by atoms with Crippen molar-refractivity contribution in [2.45, 2.75) is 12.3 Å². The van der Waals surface area contributed by atoms with E-state index in [0.29, 0.717) is 6.61 Å². The van der Waals surface area contributed by atoms with Crippen LogP contribution in [0.3, 0.4) is 0 Å². The molecular formula is C30H24FNO2. The Morgan fingerprint density at radius 3 is 2.29 bits per heavy atom. The Balaban J connectivity index is 1.29. The highest BCUT2D eigenvalue weighted by atomic mass is 19.1. The summed E-state index contributed by atoms with van der Waals surface area (Å²) in [5, 5.41) is 1.01. The summed E-state index contributed by atoms with van der Waals surface area (Å²) in [5.74, 6) is 0.475. The van der Waals surface area contributed by atoms with Crippen LogP contribution in [-0.4, -0.2) is 18.6 Å². The van der Waals surface area contributed by atoms with Gasteiger partial charge in [-0.2, -0.15) is 0 Å². The predicted octanol–water partition coefficient (Wildman–Crippen LogP) is 7.61. The minimum Gasteiger partial charge on any atom is -0.456 e. The maximum absolute atomic E-state index is 13.3. The van der Waals surface area contributed by atoms with Crippen molar-refractivity contribution in [3.63, 3.8) is 0 Å². The Morgan fingerprint density at radius 1 is 0.735 bits per heavy atom. The van der Waals surface area contributed by atoms with Gasteiger partial charge in [0.25, 0.3) is 0 Å². The van der Waals surface area contributed by atoms with Crippen LogP contribution in [-0.2, 0) is 4.74 Å². The molecule has 1 aliphatic rings. The predicted molar refractivity (Wildman–Crippen MR) is 133 cm³/mol. The fourth-order valence-corrected chi connectivity index (χ4v) is 4.77. The second-order valence-corrected chi connectivity index (χ2v) is 8.77. The number of halogens is 1. The van der Waals surface area contributed by atoms with Crippen molar-refractivity contribution >= 4 is 11.0 Å². The van der Waals surface area contributed by atoms with Crippen LogP contribution in [0.25, 0.3) is 33.4 Å². The first kappa shape index (κ1) is 20.8. The molecule has 1 unspecified atom stereocenters. The maximum atomic E-state index is 13.3. The van der Waals surface area contributed by atoms with Gasteiger partial charge in [-0.1, -0.05) is 54.6 Å². The highest BCUT2D eigenvalue weighted by Crippen LogP contribution is 2.38. The van der Waals surface area contributed by atoms with E-state index < -0.39 is 0 Å². The van der Waals surface area contributed by atoms with E-state index in [-0.39, 0.29) is 18.1 Å². The number of ether oxygens (including phenoxy) is 1. The first-order chi connectivity index (χ1) is 16.7. The van der Waals surface area contributed by atoms with E-state index in [4.69, 9.17) is 9.15 Å². The molecule has 3 nitrogen and oxygen atoms in total. The molecule has 0 bridgehead atoms. The van der Waals surface area contributed by atoms with Crippen LogP contribution in [0.15, 0.2) is 108 Å². The topological polar surface area (TPSA) is 25.6 Å². The Hall–Kier alpha value is -3.73. The average Bonchev–Trinajstić information content (AvgIpc) is 3.48. The number of furan rings is 1. The van der Waals surface area contributed by atoms with Gasteiger partial charge in [0.2, 0.25) is 0 Å². The van der Waals surface area contributed by atoms with E-state index >= 15 is 0 Å². The highest BCUT2D eigenvalue weighted by molar-refractivity contribution is 5.87. The minimum atomic E-state index is -0.256. The Labute approximate surface area is 198 Å². The number of likely N-dealkylation sites (N-methyl/N-ethyl adjacent to an activating group) is 1. The van der Waals surface area contributed by atoms with Crippen molar-refractivity contribution < 1.29 is 13.5 Å². The Morgan fingerprint density at radius 2 is 1.47 bits per heavy atom. The molecule has 2 heterocycles. The largest absolute Gasteiger partial charge is 0.456 e. The molecule has 2 atom stereocenters. The quantitative estimate of drug-likeness (QED) is 0.282. The first-order valence-corrected chi connectivity index (χ1v) is 11.4. The van der Waals surface area contributed by atoms with Gasteiger partial charge < -0.3 is 9.15 Å². The second kappa shape index (κ2) is 8.56. The van der Waals surface area contributed by atoms with Gasteiger partial charge in [-0.15, -0.1) is 0 Å². The fourth-order valence-electron chi connectivity index (χ4n) is 4.77. The Kier molecular flexibility index (Phi) is 5.25. The van der Waals surface area contributed by atoms with Crippen LogP contribution in [0.1, 0.15) is 23.4 Å². The van der Waals surface area contributed by atoms with Crippen LogP contribution in [0.5, 0.6) is 0 Å². The van der Waals surface area contributed by atoms with Crippen molar-refractivity contribution in [2.75, 3.05) is 13.7 Å². The van der Waals surface area contributed by atoms with Crippen LogP contribution in [0.2, 0.25) is 0 Å². The van der Waals surface area contributed by atoms with E-state index in [0.717, 1.165) is 39.0 Å². The lowest BCUT2D eigenvalue weighted by atomic mass is 10.0. The molecule has 168 valence electrons. The summed E-state index contributed by atoms with van der Waals surface area (Å²) in [4.78, 5) is 2.29. The van der Waals surface area contributed by atoms with Crippen LogP contribution < -0.4 is 0 Å². The molecule has 0 N–H and O–H groups in total. The van der Waals surface area contributed by atoms with E-state index in [2.05, 4.69) is 72.6 Å². The first-order valence-electron chi connectivity index (χ1n) is 11.4. The third kappa shape index (κ3) is 3.81. The molecule has 34 heavy (non-hydrogen) atoms. The summed E-state index contributed by atoms with van der Waals surface area (Å²) in [6.07, 6.45) is -0.0899. The standard InChI is InChI=1S/C30H24FNO2/c1-32-27(20-6-3-2-4-7-20)19-33-30(32)24-9-5-8-22(16-24)23-12-15-28-25(17-23)18-29(34-28)21-10-13-26(31)14-11-21/h2-18,27,30H,19H2,1H3/t27?,30-/m0/s1. The summed E-state index contributed by atoms with van der Waals surface area (Å²) in [5.41, 5.74) is 6.31. The molecule has 6 rings (SSSR count). The lowest BCUT2D eigenvalue weighted by Gasteiger charge is -2.24. The average molecular weight is 450 g/mol. The molecule has 4 aromatic carbocycles. The Bertz CT molecular complexity index is 1440. The third-order valence-corrected chi connectivity index (χ3v) is 6.61. The van der Waals surface area contributed by atoms with Crippen molar-refractivity contribution in [3.8, 4) is 22.5 Å². The van der Waals surface area contributed by atoms with E-state index in [1.807, 2.05) is 18.2 Å². The third-order valence-electron chi connectivity index (χ3n) is 6.61. The van der Waals surface area contributed by atoms with Gasteiger partial charge in [0, 0.05) is 10.9 Å². The van der Waals surface area contributed by atoms with Crippen molar-refractivity contribution in [3.05, 3.63) is 120 Å². The molecule has 1 aromatic heterocycles. The minimum absolute atomic E-state index is 0.0899. The van der Waals surface area contributed by atoms with Gasteiger partial charge in [0.1, 0.15) is 23.4 Å². The lowest BCUT2D eigenvalue weighted by molar-refractivity contribution is 0.0433. The molecule has 1 fully saturated rings. The molecular weight excluding hydrogens is 425 g/mol. The second-order valence-electron chi connectivity index (χ2n) is 8.77. The SMILES string of the molecule is CN1C(c2ccccc2)CO[C@H]1c1cccc(-c2ccc3oc(-c4ccc(F)cc4)cc3c2)c1. The van der Waals surface area contributed by atoms with Crippen molar-refractivity contribution in [2.24, 2.45) is 0 Å². The summed E-state index contributed by atoms with van der Waals surface area (Å²) < 4.78 is 25.5. The van der Waals surface area contributed by atoms with Crippen molar-refractivity contribution in [1.82, 2.24) is 4.90 Å². The van der Waals surface area contributed by atoms with Crippen LogP contribution in [0, 0.1) is 5.82 Å². The molecule has 0 aliphatic carbocycles.